The molecule has 0 saturated carbocycles. The number of nitro groups is 1. The minimum atomic E-state index is -0.504. The normalized spacial score (nSPS) is 12.2. The molecule has 0 unspecified atom stereocenters. The highest BCUT2D eigenvalue weighted by molar-refractivity contribution is 7.80. The maximum Gasteiger partial charge on any atom is 0.282 e. The number of fused-ring (bicyclic) bond motifs is 1. The van der Waals surface area contributed by atoms with Crippen molar-refractivity contribution in [2.24, 2.45) is 5.10 Å². The first-order valence-corrected chi connectivity index (χ1v) is 8.10. The van der Waals surface area contributed by atoms with Crippen LogP contribution >= 0.6 is 12.2 Å². The molecular formula is C17H16N4O4S. The summed E-state index contributed by atoms with van der Waals surface area (Å²) in [6, 6.07) is 8.74. The molecule has 1 aliphatic heterocycles. The fourth-order valence-electron chi connectivity index (χ4n) is 2.47. The summed E-state index contributed by atoms with van der Waals surface area (Å²) < 4.78 is 10.4. The molecule has 0 aromatic heterocycles. The minimum absolute atomic E-state index is 0.0369. The minimum Gasteiger partial charge on any atom is -0.454 e. The Morgan fingerprint density at radius 2 is 2.00 bits per heavy atom. The SMILES string of the molecule is Cc1ccc(NC(=S)NN=Cc2cc3c(cc2[N+](=O)[O-])OCO3)c(C)c1. The van der Waals surface area contributed by atoms with Crippen molar-refractivity contribution < 1.29 is 14.4 Å². The molecule has 0 saturated heterocycles. The monoisotopic (exact) mass is 372 g/mol. The standard InChI is InChI=1S/C17H16N4O4S/c1-10-3-4-13(11(2)5-10)19-17(26)20-18-8-12-6-15-16(25-9-24-15)7-14(12)21(22)23/h3-8H,9H2,1-2H3,(H2,19,20,26). The van der Waals surface area contributed by atoms with Crippen LogP contribution in [-0.2, 0) is 0 Å². The first-order valence-electron chi connectivity index (χ1n) is 7.69. The predicted molar refractivity (Wildman–Crippen MR) is 102 cm³/mol. The molecule has 0 amide bonds. The molecule has 3 rings (SSSR count). The number of nitrogens with one attached hydrogen (secondary N) is 2. The zero-order valence-electron chi connectivity index (χ0n) is 14.1. The summed E-state index contributed by atoms with van der Waals surface area (Å²) in [5.41, 5.74) is 5.86. The van der Waals surface area contributed by atoms with Crippen molar-refractivity contribution in [1.29, 1.82) is 0 Å². The van der Waals surface area contributed by atoms with Gasteiger partial charge in [-0.2, -0.15) is 5.10 Å². The topological polar surface area (TPSA) is 98.0 Å². The van der Waals surface area contributed by atoms with Gasteiger partial charge < -0.3 is 14.8 Å². The Labute approximate surface area is 155 Å². The van der Waals surface area contributed by atoms with Gasteiger partial charge in [-0.25, -0.2) is 0 Å². The van der Waals surface area contributed by atoms with Crippen molar-refractivity contribution in [1.82, 2.24) is 5.43 Å². The van der Waals surface area contributed by atoms with E-state index in [2.05, 4.69) is 15.8 Å². The molecule has 8 nitrogen and oxygen atoms in total. The number of rotatable bonds is 4. The van der Waals surface area contributed by atoms with Crippen LogP contribution in [0.25, 0.3) is 0 Å². The lowest BCUT2D eigenvalue weighted by atomic mass is 10.1. The van der Waals surface area contributed by atoms with Crippen LogP contribution in [0.5, 0.6) is 11.5 Å². The van der Waals surface area contributed by atoms with E-state index in [4.69, 9.17) is 21.7 Å². The van der Waals surface area contributed by atoms with E-state index in [1.54, 1.807) is 0 Å². The molecule has 2 aromatic carbocycles. The van der Waals surface area contributed by atoms with Gasteiger partial charge in [-0.15, -0.1) is 0 Å². The van der Waals surface area contributed by atoms with E-state index in [-0.39, 0.29) is 23.2 Å². The van der Waals surface area contributed by atoms with Gasteiger partial charge >= 0.3 is 0 Å². The van der Waals surface area contributed by atoms with Crippen LogP contribution in [-0.4, -0.2) is 23.0 Å². The van der Waals surface area contributed by atoms with E-state index in [0.717, 1.165) is 16.8 Å². The Morgan fingerprint density at radius 3 is 2.69 bits per heavy atom. The first-order chi connectivity index (χ1) is 12.4. The molecule has 9 heteroatoms. The number of thiocarbonyl (C=S) groups is 1. The van der Waals surface area contributed by atoms with Crippen molar-refractivity contribution in [2.45, 2.75) is 13.8 Å². The molecule has 0 radical (unpaired) electrons. The summed E-state index contributed by atoms with van der Waals surface area (Å²) in [5, 5.41) is 18.5. The van der Waals surface area contributed by atoms with Crippen LogP contribution < -0.4 is 20.2 Å². The van der Waals surface area contributed by atoms with E-state index in [1.165, 1.54) is 18.3 Å². The van der Waals surface area contributed by atoms with Gasteiger partial charge in [0, 0.05) is 5.69 Å². The van der Waals surface area contributed by atoms with Gasteiger partial charge in [0.05, 0.1) is 22.8 Å². The fourth-order valence-corrected chi connectivity index (χ4v) is 2.64. The number of nitro benzene ring substituents is 1. The third-order valence-corrected chi connectivity index (χ3v) is 3.91. The van der Waals surface area contributed by atoms with E-state index >= 15 is 0 Å². The number of hydrazone groups is 1. The maximum atomic E-state index is 11.2. The van der Waals surface area contributed by atoms with Gasteiger partial charge in [0.15, 0.2) is 16.6 Å². The highest BCUT2D eigenvalue weighted by Crippen LogP contribution is 2.37. The van der Waals surface area contributed by atoms with Crippen molar-refractivity contribution in [3.05, 3.63) is 57.1 Å². The molecule has 0 bridgehead atoms. The second kappa shape index (κ2) is 7.36. The van der Waals surface area contributed by atoms with Gasteiger partial charge in [0.25, 0.3) is 5.69 Å². The molecule has 0 atom stereocenters. The number of benzene rings is 2. The zero-order chi connectivity index (χ0) is 18.7. The number of ether oxygens (including phenoxy) is 2. The second-order valence-electron chi connectivity index (χ2n) is 5.66. The molecule has 2 N–H and O–H groups in total. The number of hydrogen-bond acceptors (Lipinski definition) is 6. The number of hydrogen-bond donors (Lipinski definition) is 2. The number of anilines is 1. The molecule has 26 heavy (non-hydrogen) atoms. The summed E-state index contributed by atoms with van der Waals surface area (Å²) in [4.78, 5) is 10.7. The van der Waals surface area contributed by atoms with Crippen LogP contribution in [0, 0.1) is 24.0 Å². The predicted octanol–water partition coefficient (Wildman–Crippen LogP) is 3.26. The first kappa shape index (κ1) is 17.6. The number of nitrogens with zero attached hydrogens (tertiary/aromatic N) is 2. The van der Waals surface area contributed by atoms with Crippen LogP contribution in [0.3, 0.4) is 0 Å². The highest BCUT2D eigenvalue weighted by atomic mass is 32.1. The summed E-state index contributed by atoms with van der Waals surface area (Å²) in [6.45, 7) is 4.02. The molecule has 0 spiro atoms. The lowest BCUT2D eigenvalue weighted by molar-refractivity contribution is -0.385. The summed E-state index contributed by atoms with van der Waals surface area (Å²) >= 11 is 5.19. The molecule has 0 fully saturated rings. The summed E-state index contributed by atoms with van der Waals surface area (Å²) in [6.07, 6.45) is 1.32. The third kappa shape index (κ3) is 3.89. The highest BCUT2D eigenvalue weighted by Gasteiger charge is 2.22. The molecule has 2 aromatic rings. The Bertz CT molecular complexity index is 914. The van der Waals surface area contributed by atoms with Crippen molar-refractivity contribution in [3.63, 3.8) is 0 Å². The Kier molecular flexibility index (Phi) is 4.99. The van der Waals surface area contributed by atoms with E-state index in [0.29, 0.717) is 11.5 Å². The van der Waals surface area contributed by atoms with Crippen LogP contribution in [0.2, 0.25) is 0 Å². The average Bonchev–Trinajstić information content (AvgIpc) is 3.04. The Hall–Kier alpha value is -3.20. The quantitative estimate of drug-likeness (QED) is 0.368. The molecule has 1 aliphatic rings. The summed E-state index contributed by atoms with van der Waals surface area (Å²) in [7, 11) is 0. The molecule has 134 valence electrons. The smallest absolute Gasteiger partial charge is 0.282 e. The summed E-state index contributed by atoms with van der Waals surface area (Å²) in [5.74, 6) is 0.780. The second-order valence-corrected chi connectivity index (χ2v) is 6.07. The van der Waals surface area contributed by atoms with Crippen molar-refractivity contribution in [2.75, 3.05) is 12.1 Å². The fraction of sp³-hybridized carbons (Fsp3) is 0.176. The van der Waals surface area contributed by atoms with Gasteiger partial charge in [-0.1, -0.05) is 17.7 Å². The Balaban J connectivity index is 1.70. The lowest BCUT2D eigenvalue weighted by Crippen LogP contribution is -2.24. The van der Waals surface area contributed by atoms with Gasteiger partial charge in [-0.3, -0.25) is 15.5 Å². The van der Waals surface area contributed by atoms with Crippen molar-refractivity contribution in [3.8, 4) is 11.5 Å². The van der Waals surface area contributed by atoms with E-state index in [9.17, 15) is 10.1 Å². The number of aryl methyl sites for hydroxylation is 2. The van der Waals surface area contributed by atoms with Crippen molar-refractivity contribution >= 4 is 34.9 Å². The maximum absolute atomic E-state index is 11.2. The molecule has 0 aliphatic carbocycles. The lowest BCUT2D eigenvalue weighted by Gasteiger charge is -2.10. The van der Waals surface area contributed by atoms with Crippen LogP contribution in [0.1, 0.15) is 16.7 Å². The van der Waals surface area contributed by atoms with Gasteiger partial charge in [-0.05, 0) is 43.8 Å². The third-order valence-electron chi connectivity index (χ3n) is 3.72. The molecular weight excluding hydrogens is 356 g/mol. The average molecular weight is 372 g/mol. The largest absolute Gasteiger partial charge is 0.454 e. The Morgan fingerprint density at radius 1 is 1.27 bits per heavy atom. The van der Waals surface area contributed by atoms with Gasteiger partial charge in [0.1, 0.15) is 0 Å². The van der Waals surface area contributed by atoms with Crippen LogP contribution in [0.15, 0.2) is 35.4 Å². The van der Waals surface area contributed by atoms with E-state index in [1.807, 2.05) is 32.0 Å². The van der Waals surface area contributed by atoms with Gasteiger partial charge in [0.2, 0.25) is 6.79 Å². The van der Waals surface area contributed by atoms with E-state index < -0.39 is 4.92 Å². The zero-order valence-corrected chi connectivity index (χ0v) is 14.9. The molecule has 1 heterocycles. The van der Waals surface area contributed by atoms with Crippen LogP contribution in [0.4, 0.5) is 11.4 Å².